The van der Waals surface area contributed by atoms with Gasteiger partial charge in [0.15, 0.2) is 0 Å². The van der Waals surface area contributed by atoms with Crippen molar-refractivity contribution >= 4 is 12.6 Å². The highest BCUT2D eigenvalue weighted by Crippen LogP contribution is 2.17. The van der Waals surface area contributed by atoms with Gasteiger partial charge in [0.05, 0.1) is 0 Å². The Hall–Kier alpha value is 0.310. The number of piperidine rings is 1. The van der Waals surface area contributed by atoms with Crippen molar-refractivity contribution in [2.75, 3.05) is 18.8 Å². The van der Waals surface area contributed by atoms with Gasteiger partial charge in [-0.1, -0.05) is 12.6 Å². The van der Waals surface area contributed by atoms with E-state index < -0.39 is 0 Å². The van der Waals surface area contributed by atoms with E-state index in [9.17, 15) is 0 Å². The topological polar surface area (TPSA) is 12.0 Å². The molecular weight excluding hydrogens is 142 g/mol. The van der Waals surface area contributed by atoms with Crippen LogP contribution in [0.4, 0.5) is 0 Å². The van der Waals surface area contributed by atoms with Crippen LogP contribution in [0.5, 0.6) is 0 Å². The molecule has 0 amide bonds. The van der Waals surface area contributed by atoms with Crippen LogP contribution in [-0.4, -0.2) is 18.8 Å². The zero-order chi connectivity index (χ0) is 7.23. The van der Waals surface area contributed by atoms with Crippen LogP contribution in [0.1, 0.15) is 25.7 Å². The van der Waals surface area contributed by atoms with Gasteiger partial charge >= 0.3 is 0 Å². The SMILES string of the molecule is [S]CCCC1CCNCC1. The lowest BCUT2D eigenvalue weighted by Crippen LogP contribution is -2.27. The lowest BCUT2D eigenvalue weighted by Gasteiger charge is -2.21. The number of rotatable bonds is 3. The highest BCUT2D eigenvalue weighted by Gasteiger charge is 2.11. The van der Waals surface area contributed by atoms with Gasteiger partial charge in [0, 0.05) is 5.75 Å². The minimum Gasteiger partial charge on any atom is -0.317 e. The maximum atomic E-state index is 4.90. The van der Waals surface area contributed by atoms with Crippen LogP contribution in [0.15, 0.2) is 0 Å². The molecule has 10 heavy (non-hydrogen) atoms. The molecule has 0 saturated carbocycles. The van der Waals surface area contributed by atoms with E-state index in [1.54, 1.807) is 0 Å². The summed E-state index contributed by atoms with van der Waals surface area (Å²) >= 11 is 4.90. The van der Waals surface area contributed by atoms with E-state index in [4.69, 9.17) is 12.6 Å². The van der Waals surface area contributed by atoms with Crippen molar-refractivity contribution in [3.8, 4) is 0 Å². The maximum absolute atomic E-state index is 4.90. The number of hydrogen-bond donors (Lipinski definition) is 1. The molecule has 1 nitrogen and oxygen atoms in total. The van der Waals surface area contributed by atoms with Crippen molar-refractivity contribution in [2.45, 2.75) is 25.7 Å². The van der Waals surface area contributed by atoms with E-state index in [-0.39, 0.29) is 0 Å². The zero-order valence-corrected chi connectivity index (χ0v) is 7.25. The molecule has 0 bridgehead atoms. The van der Waals surface area contributed by atoms with Gasteiger partial charge in [0.1, 0.15) is 0 Å². The third-order valence-electron chi connectivity index (χ3n) is 2.22. The Morgan fingerprint density at radius 3 is 2.60 bits per heavy atom. The van der Waals surface area contributed by atoms with Crippen LogP contribution in [-0.2, 0) is 0 Å². The van der Waals surface area contributed by atoms with E-state index in [0.717, 1.165) is 11.7 Å². The molecule has 1 heterocycles. The summed E-state index contributed by atoms with van der Waals surface area (Å²) < 4.78 is 0. The minimum atomic E-state index is 0.948. The molecule has 0 unspecified atom stereocenters. The number of hydrogen-bond acceptors (Lipinski definition) is 1. The van der Waals surface area contributed by atoms with Gasteiger partial charge in [-0.25, -0.2) is 0 Å². The lowest BCUT2D eigenvalue weighted by molar-refractivity contribution is 0.352. The maximum Gasteiger partial charge on any atom is 0.00370 e. The van der Waals surface area contributed by atoms with Crippen molar-refractivity contribution in [1.82, 2.24) is 5.32 Å². The van der Waals surface area contributed by atoms with Gasteiger partial charge in [0.2, 0.25) is 0 Å². The molecule has 1 radical (unpaired) electrons. The first kappa shape index (κ1) is 8.41. The Kier molecular flexibility index (Phi) is 4.23. The molecule has 0 aromatic heterocycles. The summed E-state index contributed by atoms with van der Waals surface area (Å²) in [6.45, 7) is 2.45. The van der Waals surface area contributed by atoms with E-state index in [0.29, 0.717) is 0 Å². The highest BCUT2D eigenvalue weighted by molar-refractivity contribution is 7.80. The van der Waals surface area contributed by atoms with Gasteiger partial charge in [-0.3, -0.25) is 0 Å². The van der Waals surface area contributed by atoms with Gasteiger partial charge in [-0.05, 0) is 44.7 Å². The fourth-order valence-corrected chi connectivity index (χ4v) is 1.71. The Bertz CT molecular complexity index is 79.3. The summed E-state index contributed by atoms with van der Waals surface area (Å²) in [6.07, 6.45) is 5.36. The summed E-state index contributed by atoms with van der Waals surface area (Å²) in [5, 5.41) is 3.37. The normalized spacial score (nSPS) is 21.3. The van der Waals surface area contributed by atoms with Crippen molar-refractivity contribution in [2.24, 2.45) is 5.92 Å². The summed E-state index contributed by atoms with van der Waals surface area (Å²) in [4.78, 5) is 0. The zero-order valence-electron chi connectivity index (χ0n) is 6.44. The average Bonchev–Trinajstić information content (AvgIpc) is 2.03. The van der Waals surface area contributed by atoms with Crippen LogP contribution in [0.25, 0.3) is 0 Å². The van der Waals surface area contributed by atoms with Crippen LogP contribution < -0.4 is 5.32 Å². The molecular formula is C8H16NS. The van der Waals surface area contributed by atoms with Crippen LogP contribution in [0, 0.1) is 5.92 Å². The predicted molar refractivity (Wildman–Crippen MR) is 47.3 cm³/mol. The first-order valence-electron chi connectivity index (χ1n) is 4.22. The molecule has 1 aliphatic rings. The molecule has 1 N–H and O–H groups in total. The van der Waals surface area contributed by atoms with Crippen LogP contribution in [0.2, 0.25) is 0 Å². The molecule has 1 saturated heterocycles. The standard InChI is InChI=1S/C8H16NS/c10-7-1-2-8-3-5-9-6-4-8/h8-9H,1-7H2. The average molecular weight is 158 g/mol. The predicted octanol–water partition coefficient (Wildman–Crippen LogP) is 1.96. The third-order valence-corrected chi connectivity index (χ3v) is 2.50. The first-order chi connectivity index (χ1) is 4.93. The quantitative estimate of drug-likeness (QED) is 0.662. The van der Waals surface area contributed by atoms with E-state index in [1.165, 1.54) is 38.8 Å². The largest absolute Gasteiger partial charge is 0.317 e. The summed E-state index contributed by atoms with van der Waals surface area (Å²) in [5.41, 5.74) is 0. The second kappa shape index (κ2) is 5.03. The van der Waals surface area contributed by atoms with Gasteiger partial charge in [-0.15, -0.1) is 0 Å². The molecule has 0 aromatic carbocycles. The monoisotopic (exact) mass is 158 g/mol. The summed E-state index contributed by atoms with van der Waals surface area (Å²) in [6, 6.07) is 0. The second-order valence-corrected chi connectivity index (χ2v) is 3.45. The van der Waals surface area contributed by atoms with Gasteiger partial charge < -0.3 is 5.32 Å². The molecule has 1 fully saturated rings. The molecule has 1 aliphatic heterocycles. The third kappa shape index (κ3) is 2.93. The second-order valence-electron chi connectivity index (χ2n) is 3.04. The first-order valence-corrected chi connectivity index (χ1v) is 4.80. The smallest absolute Gasteiger partial charge is 0.00370 e. The molecule has 59 valence electrons. The molecule has 0 spiro atoms. The molecule has 0 atom stereocenters. The Morgan fingerprint density at radius 1 is 1.30 bits per heavy atom. The summed E-state index contributed by atoms with van der Waals surface area (Å²) in [7, 11) is 0. The number of nitrogens with one attached hydrogen (secondary N) is 1. The van der Waals surface area contributed by atoms with Crippen LogP contribution >= 0.6 is 12.6 Å². The van der Waals surface area contributed by atoms with E-state index in [1.807, 2.05) is 0 Å². The highest BCUT2D eigenvalue weighted by atomic mass is 32.1. The molecule has 1 rings (SSSR count). The van der Waals surface area contributed by atoms with Crippen molar-refractivity contribution in [3.63, 3.8) is 0 Å². The van der Waals surface area contributed by atoms with Crippen molar-refractivity contribution < 1.29 is 0 Å². The van der Waals surface area contributed by atoms with E-state index >= 15 is 0 Å². The fraction of sp³-hybridized carbons (Fsp3) is 1.00. The van der Waals surface area contributed by atoms with Crippen LogP contribution in [0.3, 0.4) is 0 Å². The van der Waals surface area contributed by atoms with Gasteiger partial charge in [-0.2, -0.15) is 0 Å². The Balaban J connectivity index is 2.02. The van der Waals surface area contributed by atoms with Crippen molar-refractivity contribution in [1.29, 1.82) is 0 Å². The minimum absolute atomic E-state index is 0.948. The molecule has 0 aromatic rings. The van der Waals surface area contributed by atoms with Crippen molar-refractivity contribution in [3.05, 3.63) is 0 Å². The molecule has 0 aliphatic carbocycles. The molecule has 2 heteroatoms. The van der Waals surface area contributed by atoms with Gasteiger partial charge in [0.25, 0.3) is 0 Å². The Morgan fingerprint density at radius 2 is 2.00 bits per heavy atom. The Labute approximate surface area is 69.0 Å². The lowest BCUT2D eigenvalue weighted by atomic mass is 9.94. The summed E-state index contributed by atoms with van der Waals surface area (Å²) in [5.74, 6) is 1.92. The van der Waals surface area contributed by atoms with E-state index in [2.05, 4.69) is 5.32 Å². The fourth-order valence-electron chi connectivity index (χ4n) is 1.54.